The normalized spacial score (nSPS) is 11.3. The molecule has 0 aliphatic heterocycles. The van der Waals surface area contributed by atoms with Gasteiger partial charge in [-0.15, -0.1) is 6.58 Å². The first-order valence-corrected chi connectivity index (χ1v) is 7.33. The molecule has 0 unspecified atom stereocenters. The zero-order chi connectivity index (χ0) is 14.4. The minimum absolute atomic E-state index is 0.831. The molecule has 0 saturated carbocycles. The third-order valence-corrected chi connectivity index (χ3v) is 3.54. The average molecular weight is 272 g/mol. The van der Waals surface area contributed by atoms with Gasteiger partial charge in [-0.05, 0) is 19.2 Å². The lowest BCUT2D eigenvalue weighted by Gasteiger charge is -2.17. The van der Waals surface area contributed by atoms with Crippen molar-refractivity contribution in [1.29, 1.82) is 0 Å². The quantitative estimate of drug-likeness (QED) is 0.745. The van der Waals surface area contributed by atoms with E-state index in [0.717, 1.165) is 44.1 Å². The Morgan fingerprint density at radius 1 is 1.30 bits per heavy atom. The first-order chi connectivity index (χ1) is 9.80. The topological polar surface area (TPSA) is 28.4 Å². The molecule has 20 heavy (non-hydrogen) atoms. The lowest BCUT2D eigenvalue weighted by Crippen LogP contribution is -2.23. The molecule has 0 spiro atoms. The van der Waals surface area contributed by atoms with Gasteiger partial charge in [0.2, 0.25) is 0 Å². The van der Waals surface area contributed by atoms with E-state index < -0.39 is 0 Å². The second kappa shape index (κ2) is 7.27. The van der Waals surface area contributed by atoms with Crippen LogP contribution in [0.2, 0.25) is 0 Å². The third-order valence-electron chi connectivity index (χ3n) is 3.54. The first-order valence-electron chi connectivity index (χ1n) is 7.33. The van der Waals surface area contributed by atoms with Crippen LogP contribution in [0.25, 0.3) is 11.0 Å². The van der Waals surface area contributed by atoms with Crippen LogP contribution in [0.1, 0.15) is 25.2 Å². The number of nitrogens with one attached hydrogen (secondary N) is 1. The Hall–Kier alpha value is -1.58. The summed E-state index contributed by atoms with van der Waals surface area (Å²) in [5, 5.41) is 4.63. The number of hydrogen-bond acceptors (Lipinski definition) is 3. The number of rotatable bonds is 8. The summed E-state index contributed by atoms with van der Waals surface area (Å²) in [7, 11) is 0. The molecule has 0 aliphatic carbocycles. The van der Waals surface area contributed by atoms with Crippen LogP contribution in [0.5, 0.6) is 0 Å². The molecule has 0 atom stereocenters. The van der Waals surface area contributed by atoms with E-state index in [1.807, 2.05) is 18.2 Å². The summed E-state index contributed by atoms with van der Waals surface area (Å²) in [5.41, 5.74) is 2.26. The summed E-state index contributed by atoms with van der Waals surface area (Å²) >= 11 is 0. The van der Waals surface area contributed by atoms with Crippen LogP contribution in [0.15, 0.2) is 41.3 Å². The first kappa shape index (κ1) is 14.8. The van der Waals surface area contributed by atoms with E-state index in [1.54, 1.807) is 0 Å². The van der Waals surface area contributed by atoms with Crippen molar-refractivity contribution >= 4 is 11.0 Å². The van der Waals surface area contributed by atoms with Crippen LogP contribution in [0.4, 0.5) is 0 Å². The number of para-hydroxylation sites is 1. The molecule has 1 aromatic carbocycles. The molecule has 2 aromatic rings. The van der Waals surface area contributed by atoms with Gasteiger partial charge in [0.25, 0.3) is 0 Å². The highest BCUT2D eigenvalue weighted by Crippen LogP contribution is 2.26. The van der Waals surface area contributed by atoms with Gasteiger partial charge in [-0.3, -0.25) is 4.90 Å². The van der Waals surface area contributed by atoms with Crippen molar-refractivity contribution in [3.63, 3.8) is 0 Å². The van der Waals surface area contributed by atoms with E-state index in [1.165, 1.54) is 10.9 Å². The van der Waals surface area contributed by atoms with Crippen molar-refractivity contribution in [3.05, 3.63) is 48.2 Å². The SMILES string of the molecule is C=CCN(CC)Cc1oc2ccccc2c1CNCC. The summed E-state index contributed by atoms with van der Waals surface area (Å²) in [6.45, 7) is 12.6. The number of benzene rings is 1. The van der Waals surface area contributed by atoms with E-state index >= 15 is 0 Å². The maximum Gasteiger partial charge on any atom is 0.134 e. The highest BCUT2D eigenvalue weighted by molar-refractivity contribution is 5.82. The highest BCUT2D eigenvalue weighted by Gasteiger charge is 2.15. The van der Waals surface area contributed by atoms with Gasteiger partial charge < -0.3 is 9.73 Å². The van der Waals surface area contributed by atoms with Crippen molar-refractivity contribution in [2.45, 2.75) is 26.9 Å². The standard InChI is InChI=1S/C17H24N2O/c1-4-11-19(6-3)13-17-15(12-18-5-2)14-9-7-8-10-16(14)20-17/h4,7-10,18H,1,5-6,11-13H2,2-3H3. The van der Waals surface area contributed by atoms with Gasteiger partial charge in [-0.25, -0.2) is 0 Å². The summed E-state index contributed by atoms with van der Waals surface area (Å²) in [6, 6.07) is 8.27. The molecule has 1 N–H and O–H groups in total. The third kappa shape index (κ3) is 3.30. The predicted octanol–water partition coefficient (Wildman–Crippen LogP) is 3.55. The van der Waals surface area contributed by atoms with Crippen LogP contribution >= 0.6 is 0 Å². The molecule has 2 rings (SSSR count). The average Bonchev–Trinajstić information content (AvgIpc) is 2.82. The number of furan rings is 1. The van der Waals surface area contributed by atoms with Gasteiger partial charge in [0, 0.05) is 24.0 Å². The van der Waals surface area contributed by atoms with E-state index in [9.17, 15) is 0 Å². The summed E-state index contributed by atoms with van der Waals surface area (Å²) in [4.78, 5) is 2.32. The van der Waals surface area contributed by atoms with Crippen LogP contribution in [-0.4, -0.2) is 24.5 Å². The Morgan fingerprint density at radius 2 is 2.10 bits per heavy atom. The highest BCUT2D eigenvalue weighted by atomic mass is 16.3. The maximum atomic E-state index is 6.06. The molecule has 108 valence electrons. The molecular weight excluding hydrogens is 248 g/mol. The number of hydrogen-bond donors (Lipinski definition) is 1. The van der Waals surface area contributed by atoms with Crippen molar-refractivity contribution in [2.75, 3.05) is 19.6 Å². The Labute approximate surface area is 121 Å². The second-order valence-electron chi connectivity index (χ2n) is 4.90. The molecule has 3 heteroatoms. The Bertz CT molecular complexity index is 559. The van der Waals surface area contributed by atoms with Gasteiger partial charge in [0.15, 0.2) is 0 Å². The van der Waals surface area contributed by atoms with Gasteiger partial charge in [-0.1, -0.05) is 38.1 Å². The van der Waals surface area contributed by atoms with Crippen LogP contribution in [0, 0.1) is 0 Å². The molecule has 0 fully saturated rings. The van der Waals surface area contributed by atoms with Crippen molar-refractivity contribution in [3.8, 4) is 0 Å². The van der Waals surface area contributed by atoms with Crippen molar-refractivity contribution in [2.24, 2.45) is 0 Å². The largest absolute Gasteiger partial charge is 0.459 e. The minimum atomic E-state index is 0.831. The Morgan fingerprint density at radius 3 is 2.80 bits per heavy atom. The molecular formula is C17H24N2O. The molecule has 0 amide bonds. The monoisotopic (exact) mass is 272 g/mol. The van der Waals surface area contributed by atoms with Crippen LogP contribution < -0.4 is 5.32 Å². The number of nitrogens with zero attached hydrogens (tertiary/aromatic N) is 1. The zero-order valence-corrected chi connectivity index (χ0v) is 12.5. The Balaban J connectivity index is 2.32. The summed E-state index contributed by atoms with van der Waals surface area (Å²) < 4.78 is 6.06. The maximum absolute atomic E-state index is 6.06. The van der Waals surface area contributed by atoms with E-state index in [-0.39, 0.29) is 0 Å². The zero-order valence-electron chi connectivity index (χ0n) is 12.5. The van der Waals surface area contributed by atoms with Crippen molar-refractivity contribution in [1.82, 2.24) is 10.2 Å². The molecule has 0 saturated heterocycles. The van der Waals surface area contributed by atoms with Crippen molar-refractivity contribution < 1.29 is 4.42 Å². The van der Waals surface area contributed by atoms with E-state index in [2.05, 4.69) is 42.8 Å². The van der Waals surface area contributed by atoms with E-state index in [4.69, 9.17) is 4.42 Å². The predicted molar refractivity (Wildman–Crippen MR) is 84.7 cm³/mol. The minimum Gasteiger partial charge on any atom is -0.459 e. The molecule has 0 aliphatic rings. The van der Waals surface area contributed by atoms with Gasteiger partial charge in [0.05, 0.1) is 6.54 Å². The second-order valence-corrected chi connectivity index (χ2v) is 4.90. The summed E-state index contributed by atoms with van der Waals surface area (Å²) in [5.74, 6) is 1.07. The smallest absolute Gasteiger partial charge is 0.134 e. The molecule has 0 radical (unpaired) electrons. The lowest BCUT2D eigenvalue weighted by molar-refractivity contribution is 0.283. The fraction of sp³-hybridized carbons (Fsp3) is 0.412. The lowest BCUT2D eigenvalue weighted by atomic mass is 10.1. The van der Waals surface area contributed by atoms with Crippen LogP contribution in [-0.2, 0) is 13.1 Å². The fourth-order valence-corrected chi connectivity index (χ4v) is 2.41. The van der Waals surface area contributed by atoms with Gasteiger partial charge in [0.1, 0.15) is 11.3 Å². The molecule has 1 heterocycles. The molecule has 1 aromatic heterocycles. The van der Waals surface area contributed by atoms with Crippen LogP contribution in [0.3, 0.4) is 0 Å². The number of likely N-dealkylation sites (N-methyl/N-ethyl adjacent to an activating group) is 1. The van der Waals surface area contributed by atoms with E-state index in [0.29, 0.717) is 0 Å². The van der Waals surface area contributed by atoms with Gasteiger partial charge >= 0.3 is 0 Å². The number of fused-ring (bicyclic) bond motifs is 1. The van der Waals surface area contributed by atoms with Gasteiger partial charge in [-0.2, -0.15) is 0 Å². The molecule has 0 bridgehead atoms. The summed E-state index contributed by atoms with van der Waals surface area (Å²) in [6.07, 6.45) is 1.94. The molecule has 3 nitrogen and oxygen atoms in total. The fourth-order valence-electron chi connectivity index (χ4n) is 2.41. The Kier molecular flexibility index (Phi) is 5.39.